The van der Waals surface area contributed by atoms with Crippen LogP contribution in [0, 0.1) is 0 Å². The highest BCUT2D eigenvalue weighted by molar-refractivity contribution is 6.77. The number of rotatable bonds is 4. The summed E-state index contributed by atoms with van der Waals surface area (Å²) in [4.78, 5) is 0. The van der Waals surface area contributed by atoms with E-state index in [0.717, 1.165) is 27.8 Å². The fraction of sp³-hybridized carbons (Fsp3) is 0.0508. The molecule has 0 fully saturated rings. The van der Waals surface area contributed by atoms with E-state index in [0.29, 0.717) is 98.0 Å². The predicted molar refractivity (Wildman–Crippen MR) is 350 cm³/mol. The summed E-state index contributed by atoms with van der Waals surface area (Å²) in [6.45, 7) is 4.44. The quantitative estimate of drug-likeness (QED) is 0.123. The molecule has 12 aromatic rings. The van der Waals surface area contributed by atoms with Crippen LogP contribution < -0.4 is 98.3 Å². The largest absolute Gasteiger partial charge is 0.113 e. The Balaban J connectivity index is 1.28. The highest BCUT2D eigenvalue weighted by atomic mass is 14.4. The Labute approximate surface area is 472 Å². The van der Waals surface area contributed by atoms with Crippen molar-refractivity contribution in [2.24, 2.45) is 0 Å². The molecule has 0 saturated heterocycles. The summed E-state index contributed by atoms with van der Waals surface area (Å²) in [5, 5.41) is 4.59. The van der Waals surface area contributed by atoms with Crippen LogP contribution in [0.3, 0.4) is 0 Å². The second-order valence-electron chi connectivity index (χ2n) is 20.9. The van der Waals surface area contributed by atoms with Gasteiger partial charge in [-0.1, -0.05) is 168 Å². The van der Waals surface area contributed by atoms with Gasteiger partial charge in [-0.05, 0) is 150 Å². The standard InChI is InChI=1S/C59H20B18/c1-59(2)25-11-7-6-10-19(25)20-13-12-18(14-26(20)59)22-15-21(17-8-4-3-5-9-17)23(27-33-29-31-37(47(66)43(33)62)53(72)57(76)55(74)39(31)51(70)49(68)35(29)45(64)41(27)60)16-24(22)28-34-30-32-38(48(67)44(34)63)54(73)58(77)56(75)40(32)52(71)50(69)36(30)46(65)42(28)61/h3-16H,1-2H3. The van der Waals surface area contributed by atoms with E-state index in [9.17, 15) is 0 Å². The molecule has 0 unspecified atom stereocenters. The van der Waals surface area contributed by atoms with E-state index >= 15 is 0 Å². The molecule has 0 aliphatic heterocycles. The Morgan fingerprint density at radius 2 is 0.532 bits per heavy atom. The summed E-state index contributed by atoms with van der Waals surface area (Å²) in [6.07, 6.45) is 0. The number of fused-ring (bicyclic) bond motifs is 3. The van der Waals surface area contributed by atoms with Gasteiger partial charge in [-0.25, -0.2) is 0 Å². The lowest BCUT2D eigenvalue weighted by atomic mass is 9.57. The molecule has 1 aliphatic carbocycles. The van der Waals surface area contributed by atoms with Crippen LogP contribution in [-0.4, -0.2) is 141 Å². The van der Waals surface area contributed by atoms with Crippen molar-refractivity contribution in [3.05, 3.63) is 96.1 Å². The molecule has 0 aromatic heterocycles. The zero-order valence-corrected chi connectivity index (χ0v) is 42.0. The Kier molecular flexibility index (Phi) is 11.1. The lowest BCUT2D eigenvalue weighted by Gasteiger charge is -2.32. The van der Waals surface area contributed by atoms with Gasteiger partial charge in [0.25, 0.3) is 0 Å². The third-order valence-electron chi connectivity index (χ3n) is 16.9. The first kappa shape index (κ1) is 50.4. The molecule has 0 amide bonds. The van der Waals surface area contributed by atoms with Crippen LogP contribution in [0.2, 0.25) is 0 Å². The lowest BCUT2D eigenvalue weighted by Crippen LogP contribution is -2.48. The summed E-state index contributed by atoms with van der Waals surface area (Å²) in [5.74, 6) is 0. The molecule has 13 rings (SSSR count). The van der Waals surface area contributed by atoms with Gasteiger partial charge in [-0.15, -0.1) is 10.9 Å². The van der Waals surface area contributed by atoms with Gasteiger partial charge in [0.1, 0.15) is 141 Å². The zero-order chi connectivity index (χ0) is 54.6. The van der Waals surface area contributed by atoms with Crippen LogP contribution in [0.5, 0.6) is 0 Å². The highest BCUT2D eigenvalue weighted by Crippen LogP contribution is 2.51. The fourth-order valence-electron chi connectivity index (χ4n) is 13.0. The topological polar surface area (TPSA) is 0 Å². The second-order valence-corrected chi connectivity index (χ2v) is 20.9. The molecule has 0 N–H and O–H groups in total. The minimum atomic E-state index is -0.396. The minimum Gasteiger partial charge on any atom is -0.109 e. The molecule has 0 saturated carbocycles. The average molecular weight is 923 g/mol. The van der Waals surface area contributed by atoms with Crippen molar-refractivity contribution < 1.29 is 0 Å². The molecule has 1 aliphatic rings. The maximum Gasteiger partial charge on any atom is 0.113 e. The average Bonchev–Trinajstić information content (AvgIpc) is 3.88. The Hall–Kier alpha value is -6.11. The van der Waals surface area contributed by atoms with Gasteiger partial charge in [0.05, 0.1) is 0 Å². The number of benzene rings is 12. The molecule has 36 radical (unpaired) electrons. The normalized spacial score (nSPS) is 13.1. The smallest absolute Gasteiger partial charge is 0.109 e. The van der Waals surface area contributed by atoms with Gasteiger partial charge in [-0.2, -0.15) is 0 Å². The number of hydrogen-bond acceptors (Lipinski definition) is 0. The maximum atomic E-state index is 7.52. The molecule has 0 nitrogen and oxygen atoms in total. The van der Waals surface area contributed by atoms with Crippen LogP contribution >= 0.6 is 0 Å². The molecule has 77 heavy (non-hydrogen) atoms. The fourth-order valence-corrected chi connectivity index (χ4v) is 13.0. The summed E-state index contributed by atoms with van der Waals surface area (Å²) < 4.78 is 0. The molecule has 0 bridgehead atoms. The molecule has 0 heterocycles. The first-order valence-corrected chi connectivity index (χ1v) is 24.6. The van der Waals surface area contributed by atoms with E-state index in [2.05, 4.69) is 56.3 Å². The van der Waals surface area contributed by atoms with Crippen LogP contribution in [-0.2, 0) is 5.41 Å². The summed E-state index contributed by atoms with van der Waals surface area (Å²) in [7, 11) is 127. The maximum absolute atomic E-state index is 7.52. The van der Waals surface area contributed by atoms with Crippen LogP contribution in [0.4, 0.5) is 0 Å². The highest BCUT2D eigenvalue weighted by Gasteiger charge is 2.36. The molecule has 310 valence electrons. The van der Waals surface area contributed by atoms with E-state index in [1.165, 1.54) is 5.56 Å². The third kappa shape index (κ3) is 6.31. The summed E-state index contributed by atoms with van der Waals surface area (Å²) in [6, 6.07) is 28.8. The van der Waals surface area contributed by atoms with Gasteiger partial charge in [0.2, 0.25) is 0 Å². The molecule has 18 heteroatoms. The van der Waals surface area contributed by atoms with E-state index < -0.39 is 5.41 Å². The zero-order valence-electron chi connectivity index (χ0n) is 42.0. The Morgan fingerprint density at radius 1 is 0.221 bits per heavy atom. The molecule has 0 atom stereocenters. The molecular formula is C59H20B18. The monoisotopic (exact) mass is 926 g/mol. The van der Waals surface area contributed by atoms with Gasteiger partial charge in [0, 0.05) is 5.41 Å². The van der Waals surface area contributed by atoms with E-state index in [4.69, 9.17) is 141 Å². The third-order valence-corrected chi connectivity index (χ3v) is 16.9. The van der Waals surface area contributed by atoms with Gasteiger partial charge < -0.3 is 0 Å². The molecule has 12 aromatic carbocycles. The van der Waals surface area contributed by atoms with Crippen molar-refractivity contribution in [1.29, 1.82) is 0 Å². The summed E-state index contributed by atoms with van der Waals surface area (Å²) in [5.41, 5.74) is 10.9. The van der Waals surface area contributed by atoms with Crippen molar-refractivity contribution in [1.82, 2.24) is 0 Å². The van der Waals surface area contributed by atoms with Crippen LogP contribution in [0.15, 0.2) is 84.9 Å². The first-order chi connectivity index (χ1) is 36.5. The van der Waals surface area contributed by atoms with E-state index in [1.807, 2.05) is 42.5 Å². The number of hydrogen-bond donors (Lipinski definition) is 0. The molecule has 0 spiro atoms. The van der Waals surface area contributed by atoms with Gasteiger partial charge in [-0.3, -0.25) is 0 Å². The Morgan fingerprint density at radius 3 is 0.961 bits per heavy atom. The van der Waals surface area contributed by atoms with Crippen molar-refractivity contribution in [2.75, 3.05) is 0 Å². The predicted octanol–water partition coefficient (Wildman–Crippen LogP) is -5.26. The van der Waals surface area contributed by atoms with Crippen LogP contribution in [0.25, 0.3) is 120 Å². The van der Waals surface area contributed by atoms with Crippen molar-refractivity contribution in [3.63, 3.8) is 0 Å². The second kappa shape index (κ2) is 16.9. The van der Waals surface area contributed by atoms with Crippen molar-refractivity contribution in [3.8, 4) is 55.6 Å². The van der Waals surface area contributed by atoms with E-state index in [1.54, 1.807) is 0 Å². The first-order valence-electron chi connectivity index (χ1n) is 24.6. The minimum absolute atomic E-state index is 0.0641. The van der Waals surface area contributed by atoms with Crippen molar-refractivity contribution in [2.45, 2.75) is 19.3 Å². The van der Waals surface area contributed by atoms with E-state index in [-0.39, 0.29) is 98.3 Å². The van der Waals surface area contributed by atoms with Crippen molar-refractivity contribution >= 4 is 304 Å². The Bertz CT molecular complexity index is 4690. The van der Waals surface area contributed by atoms with Crippen LogP contribution in [0.1, 0.15) is 25.0 Å². The van der Waals surface area contributed by atoms with Gasteiger partial charge in [0.15, 0.2) is 0 Å². The molecular weight excluding hydrogens is 903 g/mol. The SMILES string of the molecule is [B]c1c([B])c2c([B])c([B])c3c([B])c([B])c(-c4cc(-c5c([B])c([B])c6c([B])c([B])c7c([B])c([B])c([B])c8c([B])c([B])c5c6c78)c(-c5ccc6c(c5)C(C)(C)c5ccccc5-6)cc4-c4ccccc4)c4c([B])c([B])c(c1[B])c2c34. The summed E-state index contributed by atoms with van der Waals surface area (Å²) >= 11 is 0. The lowest BCUT2D eigenvalue weighted by molar-refractivity contribution is 0.660. The van der Waals surface area contributed by atoms with Gasteiger partial charge >= 0.3 is 0 Å².